The fraction of sp³-hybridized carbons (Fsp3) is 0.750. The molecular formula is C4H9N2+. The summed E-state index contributed by atoms with van der Waals surface area (Å²) in [7, 11) is 0. The number of nitrogens with one attached hydrogen (secondary N) is 2. The molecule has 0 aliphatic carbocycles. The van der Waals surface area contributed by atoms with Crippen molar-refractivity contribution >= 4 is 6.21 Å². The molecule has 0 fully saturated rings. The van der Waals surface area contributed by atoms with Crippen LogP contribution in [-0.2, 0) is 0 Å². The van der Waals surface area contributed by atoms with Crippen molar-refractivity contribution in [3.63, 3.8) is 0 Å². The highest BCUT2D eigenvalue weighted by Gasteiger charge is 1.91. The highest BCUT2D eigenvalue weighted by Crippen LogP contribution is 1.77. The Kier molecular flexibility index (Phi) is 1.10. The number of hydrazine groups is 1. The average molecular weight is 85.1 g/mol. The summed E-state index contributed by atoms with van der Waals surface area (Å²) in [5, 5.41) is 2.91. The molecule has 0 spiro atoms. The van der Waals surface area contributed by atoms with E-state index >= 15 is 0 Å². The smallest absolute Gasteiger partial charge is 0.167 e. The molecular weight excluding hydrogens is 76.1 g/mol. The van der Waals surface area contributed by atoms with Crippen molar-refractivity contribution in [3.05, 3.63) is 0 Å². The standard InChI is InChI=1S/C4H8N2/c1-2-4-6-5-3-1/h3,6H,1-2,4H2/p+1. The van der Waals surface area contributed by atoms with Gasteiger partial charge in [0.25, 0.3) is 0 Å². The Balaban J connectivity index is 2.26. The number of hydrogen-bond donors (Lipinski definition) is 2. The maximum atomic E-state index is 2.98. The Hall–Kier alpha value is -0.530. The summed E-state index contributed by atoms with van der Waals surface area (Å²) in [5.41, 5.74) is 2.98. The molecule has 0 unspecified atom stereocenters. The van der Waals surface area contributed by atoms with Crippen molar-refractivity contribution in [1.82, 2.24) is 5.43 Å². The van der Waals surface area contributed by atoms with Crippen LogP contribution in [0.3, 0.4) is 0 Å². The third kappa shape index (κ3) is 0.708. The first-order valence-electron chi connectivity index (χ1n) is 2.30. The van der Waals surface area contributed by atoms with Crippen molar-refractivity contribution in [2.45, 2.75) is 12.8 Å². The number of hydrogen-bond acceptors (Lipinski definition) is 1. The molecule has 1 rings (SSSR count). The molecule has 0 amide bonds. The van der Waals surface area contributed by atoms with E-state index in [9.17, 15) is 0 Å². The van der Waals surface area contributed by atoms with E-state index in [1.807, 2.05) is 6.21 Å². The van der Waals surface area contributed by atoms with Gasteiger partial charge >= 0.3 is 0 Å². The van der Waals surface area contributed by atoms with Crippen LogP contribution < -0.4 is 10.5 Å². The molecule has 1 aliphatic rings. The molecule has 0 bridgehead atoms. The van der Waals surface area contributed by atoms with Gasteiger partial charge in [-0.1, -0.05) is 0 Å². The lowest BCUT2D eigenvalue weighted by atomic mass is 10.3. The summed E-state index contributed by atoms with van der Waals surface area (Å²) < 4.78 is 0. The highest BCUT2D eigenvalue weighted by molar-refractivity contribution is 5.49. The normalized spacial score (nSPS) is 20.0. The predicted octanol–water partition coefficient (Wildman–Crippen LogP) is -1.56. The second kappa shape index (κ2) is 1.80. The van der Waals surface area contributed by atoms with Crippen LogP contribution in [0.25, 0.3) is 0 Å². The molecule has 6 heavy (non-hydrogen) atoms. The first kappa shape index (κ1) is 3.65. The minimum Gasteiger partial charge on any atom is -0.201 e. The van der Waals surface area contributed by atoms with E-state index in [1.54, 1.807) is 0 Å². The molecule has 0 aromatic heterocycles. The van der Waals surface area contributed by atoms with Crippen LogP contribution in [0, 0.1) is 0 Å². The lowest BCUT2D eigenvalue weighted by Gasteiger charge is -1.94. The Morgan fingerprint density at radius 2 is 2.67 bits per heavy atom. The van der Waals surface area contributed by atoms with E-state index in [0.717, 1.165) is 6.54 Å². The lowest BCUT2D eigenvalue weighted by Crippen LogP contribution is -2.81. The van der Waals surface area contributed by atoms with Crippen molar-refractivity contribution in [2.75, 3.05) is 6.54 Å². The Morgan fingerprint density at radius 3 is 2.83 bits per heavy atom. The summed E-state index contributed by atoms with van der Waals surface area (Å²) >= 11 is 0. The monoisotopic (exact) mass is 85.1 g/mol. The molecule has 0 radical (unpaired) electrons. The Labute approximate surface area is 37.2 Å². The van der Waals surface area contributed by atoms with Gasteiger partial charge in [0.1, 0.15) is 0 Å². The summed E-state index contributed by atoms with van der Waals surface area (Å²) in [5.74, 6) is 0. The maximum Gasteiger partial charge on any atom is 0.167 e. The maximum absolute atomic E-state index is 2.98. The first-order valence-corrected chi connectivity index (χ1v) is 2.30. The molecule has 34 valence electrons. The van der Waals surface area contributed by atoms with Gasteiger partial charge in [0, 0.05) is 6.42 Å². The number of rotatable bonds is 0. The van der Waals surface area contributed by atoms with Gasteiger partial charge in [-0.3, -0.25) is 0 Å². The van der Waals surface area contributed by atoms with Crippen molar-refractivity contribution in [3.8, 4) is 0 Å². The van der Waals surface area contributed by atoms with Gasteiger partial charge < -0.3 is 0 Å². The van der Waals surface area contributed by atoms with E-state index in [1.165, 1.54) is 12.8 Å². The summed E-state index contributed by atoms with van der Waals surface area (Å²) in [6.07, 6.45) is 4.50. The van der Waals surface area contributed by atoms with Gasteiger partial charge in [0.15, 0.2) is 6.21 Å². The van der Waals surface area contributed by atoms with Crippen LogP contribution in [0.2, 0.25) is 0 Å². The summed E-state index contributed by atoms with van der Waals surface area (Å²) in [4.78, 5) is 0. The molecule has 1 heterocycles. The second-order valence-corrected chi connectivity index (χ2v) is 1.42. The Bertz CT molecular complexity index is 50.6. The molecule has 0 saturated heterocycles. The molecule has 2 heteroatoms. The molecule has 2 N–H and O–H groups in total. The van der Waals surface area contributed by atoms with Gasteiger partial charge in [0.2, 0.25) is 0 Å². The average Bonchev–Trinajstić information content (AvgIpc) is 1.72. The van der Waals surface area contributed by atoms with E-state index in [0.29, 0.717) is 0 Å². The topological polar surface area (TPSA) is 26.0 Å². The van der Waals surface area contributed by atoms with Crippen LogP contribution >= 0.6 is 0 Å². The summed E-state index contributed by atoms with van der Waals surface area (Å²) in [6, 6.07) is 0. The zero-order valence-electron chi connectivity index (χ0n) is 3.70. The molecule has 0 aromatic rings. The van der Waals surface area contributed by atoms with Gasteiger partial charge in [-0.2, -0.15) is 0 Å². The van der Waals surface area contributed by atoms with Crippen LogP contribution in [0.1, 0.15) is 12.8 Å². The van der Waals surface area contributed by atoms with Crippen LogP contribution in [0.4, 0.5) is 0 Å². The van der Waals surface area contributed by atoms with E-state index < -0.39 is 0 Å². The lowest BCUT2D eigenvalue weighted by molar-refractivity contribution is -0.526. The summed E-state index contributed by atoms with van der Waals surface area (Å²) in [6.45, 7) is 1.11. The Morgan fingerprint density at radius 1 is 1.67 bits per heavy atom. The fourth-order valence-corrected chi connectivity index (χ4v) is 0.509. The molecule has 1 aliphatic heterocycles. The van der Waals surface area contributed by atoms with E-state index in [2.05, 4.69) is 10.5 Å². The largest absolute Gasteiger partial charge is 0.201 e. The quantitative estimate of drug-likeness (QED) is 0.365. The third-order valence-corrected chi connectivity index (χ3v) is 0.854. The van der Waals surface area contributed by atoms with Gasteiger partial charge in [0.05, 0.1) is 6.54 Å². The minimum atomic E-state index is 1.11. The van der Waals surface area contributed by atoms with Crippen LogP contribution in [0.5, 0.6) is 0 Å². The highest BCUT2D eigenvalue weighted by atomic mass is 15.3. The van der Waals surface area contributed by atoms with E-state index in [-0.39, 0.29) is 0 Å². The van der Waals surface area contributed by atoms with Crippen molar-refractivity contribution in [1.29, 1.82) is 0 Å². The van der Waals surface area contributed by atoms with E-state index in [4.69, 9.17) is 0 Å². The first-order chi connectivity index (χ1) is 3.00. The molecule has 2 nitrogen and oxygen atoms in total. The van der Waals surface area contributed by atoms with Gasteiger partial charge in [-0.05, 0) is 6.42 Å². The molecule has 0 atom stereocenters. The zero-order valence-corrected chi connectivity index (χ0v) is 3.70. The number of hydrazone groups is 1. The van der Waals surface area contributed by atoms with Gasteiger partial charge in [-0.25, -0.2) is 5.43 Å². The second-order valence-electron chi connectivity index (χ2n) is 1.42. The van der Waals surface area contributed by atoms with Gasteiger partial charge in [-0.15, -0.1) is 5.10 Å². The third-order valence-electron chi connectivity index (χ3n) is 0.854. The minimum absolute atomic E-state index is 1.11. The van der Waals surface area contributed by atoms with Crippen molar-refractivity contribution in [2.24, 2.45) is 0 Å². The fourth-order valence-electron chi connectivity index (χ4n) is 0.509. The molecule has 0 saturated carbocycles. The SMILES string of the molecule is C1=[NH+]NCCC1. The van der Waals surface area contributed by atoms with Crippen LogP contribution in [-0.4, -0.2) is 12.8 Å². The predicted molar refractivity (Wildman–Crippen MR) is 24.3 cm³/mol. The molecule has 0 aromatic carbocycles. The van der Waals surface area contributed by atoms with Crippen molar-refractivity contribution < 1.29 is 5.10 Å². The zero-order chi connectivity index (χ0) is 4.24. The van der Waals surface area contributed by atoms with Crippen LogP contribution in [0.15, 0.2) is 0 Å².